The van der Waals surface area contributed by atoms with Crippen molar-refractivity contribution in [3.8, 4) is 0 Å². The number of hydrogen-bond donors (Lipinski definition) is 3. The number of aryl methyl sites for hydroxylation is 1. The molecule has 5 nitrogen and oxygen atoms in total. The maximum absolute atomic E-state index is 11.6. The first-order valence-electron chi connectivity index (χ1n) is 6.58. The van der Waals surface area contributed by atoms with Gasteiger partial charge in [0.1, 0.15) is 0 Å². The molecule has 1 aromatic rings. The van der Waals surface area contributed by atoms with Crippen LogP contribution in [0.25, 0.3) is 0 Å². The van der Waals surface area contributed by atoms with E-state index in [2.05, 4.69) is 10.6 Å². The Balaban J connectivity index is 2.49. The molecule has 0 aromatic heterocycles. The fraction of sp³-hybridized carbons (Fsp3) is 0.467. The molecular weight excluding hydrogens is 256 g/mol. The topological polar surface area (TPSA) is 78.4 Å². The molecule has 0 unspecified atom stereocenters. The number of benzene rings is 1. The zero-order valence-electron chi connectivity index (χ0n) is 12.4. The molecule has 3 N–H and O–H groups in total. The van der Waals surface area contributed by atoms with Crippen molar-refractivity contribution in [3.63, 3.8) is 0 Å². The van der Waals surface area contributed by atoms with Crippen LogP contribution in [0.15, 0.2) is 18.2 Å². The Hall–Kier alpha value is -2.04. The van der Waals surface area contributed by atoms with Crippen LogP contribution < -0.4 is 10.6 Å². The second-order valence-electron chi connectivity index (χ2n) is 5.81. The molecule has 0 heterocycles. The van der Waals surface area contributed by atoms with Gasteiger partial charge in [-0.1, -0.05) is 0 Å². The van der Waals surface area contributed by atoms with Gasteiger partial charge in [0.25, 0.3) is 0 Å². The fourth-order valence-electron chi connectivity index (χ4n) is 1.81. The van der Waals surface area contributed by atoms with Gasteiger partial charge < -0.3 is 15.7 Å². The number of aromatic carboxylic acids is 1. The number of anilines is 1. The molecule has 1 aromatic carbocycles. The first kappa shape index (κ1) is 16.0. The predicted molar refractivity (Wildman–Crippen MR) is 79.1 cm³/mol. The lowest BCUT2D eigenvalue weighted by molar-refractivity contribution is -0.122. The molecule has 110 valence electrons. The van der Waals surface area contributed by atoms with Crippen molar-refractivity contribution in [3.05, 3.63) is 29.3 Å². The normalized spacial score (nSPS) is 11.0. The average Bonchev–Trinajstić information content (AvgIpc) is 2.25. The van der Waals surface area contributed by atoms with Gasteiger partial charge in [0.05, 0.1) is 5.56 Å². The van der Waals surface area contributed by atoms with Gasteiger partial charge in [0.2, 0.25) is 5.91 Å². The third kappa shape index (κ3) is 5.30. The van der Waals surface area contributed by atoms with Crippen molar-refractivity contribution in [1.29, 1.82) is 0 Å². The van der Waals surface area contributed by atoms with Crippen LogP contribution in [-0.2, 0) is 4.79 Å². The average molecular weight is 278 g/mol. The summed E-state index contributed by atoms with van der Waals surface area (Å²) in [4.78, 5) is 22.5. The summed E-state index contributed by atoms with van der Waals surface area (Å²) < 4.78 is 0. The van der Waals surface area contributed by atoms with Gasteiger partial charge in [-0.2, -0.15) is 0 Å². The number of rotatable bonds is 5. The van der Waals surface area contributed by atoms with Crippen LogP contribution in [0.4, 0.5) is 5.69 Å². The second kappa shape index (κ2) is 6.41. The summed E-state index contributed by atoms with van der Waals surface area (Å²) in [5.41, 5.74) is 1.58. The molecule has 0 aliphatic carbocycles. The van der Waals surface area contributed by atoms with E-state index >= 15 is 0 Å². The lowest BCUT2D eigenvalue weighted by Crippen LogP contribution is -2.41. The smallest absolute Gasteiger partial charge is 0.335 e. The van der Waals surface area contributed by atoms with E-state index in [1.54, 1.807) is 25.1 Å². The van der Waals surface area contributed by atoms with E-state index in [-0.39, 0.29) is 11.4 Å². The van der Waals surface area contributed by atoms with E-state index in [1.807, 2.05) is 20.8 Å². The number of amides is 1. The van der Waals surface area contributed by atoms with Crippen LogP contribution in [0.3, 0.4) is 0 Å². The van der Waals surface area contributed by atoms with Gasteiger partial charge in [-0.05, 0) is 51.5 Å². The van der Waals surface area contributed by atoms with Gasteiger partial charge in [-0.3, -0.25) is 4.79 Å². The summed E-state index contributed by atoms with van der Waals surface area (Å²) in [6.07, 6.45) is 0.372. The Kier molecular flexibility index (Phi) is 5.13. The lowest BCUT2D eigenvalue weighted by Gasteiger charge is -2.20. The Bertz CT molecular complexity index is 504. The van der Waals surface area contributed by atoms with E-state index in [0.29, 0.717) is 24.1 Å². The van der Waals surface area contributed by atoms with Crippen molar-refractivity contribution in [2.45, 2.75) is 39.7 Å². The number of carbonyl (C=O) groups is 2. The minimum Gasteiger partial charge on any atom is -0.478 e. The molecule has 0 aliphatic heterocycles. The quantitative estimate of drug-likeness (QED) is 0.773. The van der Waals surface area contributed by atoms with Crippen LogP contribution >= 0.6 is 0 Å². The van der Waals surface area contributed by atoms with Crippen LogP contribution in [-0.4, -0.2) is 29.1 Å². The number of carbonyl (C=O) groups excluding carboxylic acids is 1. The van der Waals surface area contributed by atoms with Crippen LogP contribution in [0.2, 0.25) is 0 Å². The number of carboxylic acids is 1. The summed E-state index contributed by atoms with van der Waals surface area (Å²) in [5.74, 6) is -0.942. The molecule has 0 spiro atoms. The standard InChI is InChI=1S/C15H22N2O3/c1-10-9-11(5-6-12(10)14(19)20)16-8-7-13(18)17-15(2,3)4/h5-6,9,16H,7-8H2,1-4H3,(H,17,18)(H,19,20). The van der Waals surface area contributed by atoms with E-state index in [9.17, 15) is 9.59 Å². The largest absolute Gasteiger partial charge is 0.478 e. The van der Waals surface area contributed by atoms with Crippen molar-refractivity contribution < 1.29 is 14.7 Å². The highest BCUT2D eigenvalue weighted by molar-refractivity contribution is 5.89. The van der Waals surface area contributed by atoms with Crippen molar-refractivity contribution in [2.75, 3.05) is 11.9 Å². The molecule has 0 aliphatic rings. The Morgan fingerprint density at radius 2 is 1.90 bits per heavy atom. The molecule has 0 saturated carbocycles. The van der Waals surface area contributed by atoms with Gasteiger partial charge in [-0.25, -0.2) is 4.79 Å². The van der Waals surface area contributed by atoms with Gasteiger partial charge >= 0.3 is 5.97 Å². The third-order valence-corrected chi connectivity index (χ3v) is 2.65. The SMILES string of the molecule is Cc1cc(NCCC(=O)NC(C)(C)C)ccc1C(=O)O. The lowest BCUT2D eigenvalue weighted by atomic mass is 10.1. The monoisotopic (exact) mass is 278 g/mol. The van der Waals surface area contributed by atoms with Crippen LogP contribution in [0.5, 0.6) is 0 Å². The number of nitrogens with one attached hydrogen (secondary N) is 2. The molecule has 0 saturated heterocycles. The Morgan fingerprint density at radius 3 is 2.40 bits per heavy atom. The summed E-state index contributed by atoms with van der Waals surface area (Å²) in [7, 11) is 0. The van der Waals surface area contributed by atoms with E-state index in [4.69, 9.17) is 5.11 Å². The molecule has 0 bridgehead atoms. The second-order valence-corrected chi connectivity index (χ2v) is 5.81. The van der Waals surface area contributed by atoms with Crippen molar-refractivity contribution >= 4 is 17.6 Å². The van der Waals surface area contributed by atoms with E-state index in [0.717, 1.165) is 5.69 Å². The van der Waals surface area contributed by atoms with Crippen molar-refractivity contribution in [1.82, 2.24) is 5.32 Å². The molecule has 0 fully saturated rings. The van der Waals surface area contributed by atoms with Gasteiger partial charge in [-0.15, -0.1) is 0 Å². The van der Waals surface area contributed by atoms with E-state index in [1.165, 1.54) is 0 Å². The third-order valence-electron chi connectivity index (χ3n) is 2.65. The summed E-state index contributed by atoms with van der Waals surface area (Å²) in [6, 6.07) is 5.04. The predicted octanol–water partition coefficient (Wildman–Crippen LogP) is 2.41. The number of carboxylic acid groups (broad SMARTS) is 1. The Morgan fingerprint density at radius 1 is 1.25 bits per heavy atom. The first-order chi connectivity index (χ1) is 9.19. The van der Waals surface area contributed by atoms with Gasteiger partial charge in [0, 0.05) is 24.2 Å². The minimum absolute atomic E-state index is 0.0103. The van der Waals surface area contributed by atoms with Crippen molar-refractivity contribution in [2.24, 2.45) is 0 Å². The fourth-order valence-corrected chi connectivity index (χ4v) is 1.81. The molecule has 0 atom stereocenters. The highest BCUT2D eigenvalue weighted by atomic mass is 16.4. The summed E-state index contributed by atoms with van der Waals surface area (Å²) in [5, 5.41) is 14.9. The highest BCUT2D eigenvalue weighted by Gasteiger charge is 2.13. The molecule has 5 heteroatoms. The summed E-state index contributed by atoms with van der Waals surface area (Å²) in [6.45, 7) is 8.07. The Labute approximate surface area is 119 Å². The van der Waals surface area contributed by atoms with E-state index < -0.39 is 5.97 Å². The molecule has 20 heavy (non-hydrogen) atoms. The number of hydrogen-bond acceptors (Lipinski definition) is 3. The minimum atomic E-state index is -0.932. The molecular formula is C15H22N2O3. The van der Waals surface area contributed by atoms with Crippen LogP contribution in [0.1, 0.15) is 43.1 Å². The zero-order valence-corrected chi connectivity index (χ0v) is 12.4. The maximum atomic E-state index is 11.6. The summed E-state index contributed by atoms with van der Waals surface area (Å²) >= 11 is 0. The molecule has 1 rings (SSSR count). The molecule has 0 radical (unpaired) electrons. The maximum Gasteiger partial charge on any atom is 0.335 e. The van der Waals surface area contributed by atoms with Crippen LogP contribution in [0, 0.1) is 6.92 Å². The highest BCUT2D eigenvalue weighted by Crippen LogP contribution is 2.15. The first-order valence-corrected chi connectivity index (χ1v) is 6.58. The molecule has 1 amide bonds. The van der Waals surface area contributed by atoms with Gasteiger partial charge in [0.15, 0.2) is 0 Å². The zero-order chi connectivity index (χ0) is 15.3.